The Balaban J connectivity index is 1.67. The van der Waals surface area contributed by atoms with Crippen molar-refractivity contribution in [2.45, 2.75) is 10.6 Å². The van der Waals surface area contributed by atoms with Gasteiger partial charge in [0.25, 0.3) is 5.89 Å². The number of hydrogen-bond acceptors (Lipinski definition) is 5. The fourth-order valence-electron chi connectivity index (χ4n) is 1.86. The lowest BCUT2D eigenvalue weighted by atomic mass is 10.2. The molecule has 0 saturated heterocycles. The number of aromatic nitrogens is 2. The van der Waals surface area contributed by atoms with Crippen LogP contribution in [-0.4, -0.2) is 17.3 Å². The van der Waals surface area contributed by atoms with E-state index in [1.807, 2.05) is 36.4 Å². The highest BCUT2D eigenvalue weighted by Crippen LogP contribution is 2.26. The lowest BCUT2D eigenvalue weighted by Gasteiger charge is -2.02. The molecule has 0 N–H and O–H groups in total. The molecule has 0 radical (unpaired) electrons. The summed E-state index contributed by atoms with van der Waals surface area (Å²) in [7, 11) is 1.65. The van der Waals surface area contributed by atoms with Gasteiger partial charge in [0.2, 0.25) is 0 Å². The number of nitrogens with zero attached hydrogens (tertiary/aromatic N) is 2. The van der Waals surface area contributed by atoms with Crippen LogP contribution in [0.3, 0.4) is 0 Å². The van der Waals surface area contributed by atoms with Gasteiger partial charge in [0.05, 0.1) is 12.9 Å². The van der Waals surface area contributed by atoms with Crippen molar-refractivity contribution in [2.75, 3.05) is 7.11 Å². The van der Waals surface area contributed by atoms with Crippen molar-refractivity contribution in [1.82, 2.24) is 10.1 Å². The van der Waals surface area contributed by atoms with E-state index in [1.165, 1.54) is 0 Å². The van der Waals surface area contributed by atoms with Crippen molar-refractivity contribution in [3.8, 4) is 17.2 Å². The molecule has 0 unspecified atom stereocenters. The molecule has 3 aromatic rings. The second-order valence-electron chi connectivity index (χ2n) is 4.49. The summed E-state index contributed by atoms with van der Waals surface area (Å²) in [6, 6.07) is 15.2. The topological polar surface area (TPSA) is 48.2 Å². The van der Waals surface area contributed by atoms with Crippen LogP contribution in [0.2, 0.25) is 5.02 Å². The van der Waals surface area contributed by atoms with Crippen LogP contribution in [0.4, 0.5) is 0 Å². The highest BCUT2D eigenvalue weighted by Gasteiger charge is 2.09. The van der Waals surface area contributed by atoms with Crippen LogP contribution in [0, 0.1) is 0 Å². The molecule has 1 aromatic heterocycles. The maximum absolute atomic E-state index is 5.87. The predicted molar refractivity (Wildman–Crippen MR) is 87.3 cm³/mol. The van der Waals surface area contributed by atoms with Crippen molar-refractivity contribution >= 4 is 23.4 Å². The lowest BCUT2D eigenvalue weighted by molar-refractivity contribution is 0.413. The van der Waals surface area contributed by atoms with Gasteiger partial charge in [0.15, 0.2) is 5.82 Å². The smallest absolute Gasteiger partial charge is 0.257 e. The first-order chi connectivity index (χ1) is 10.7. The van der Waals surface area contributed by atoms with Gasteiger partial charge in [-0.05, 0) is 42.5 Å². The first-order valence-electron chi connectivity index (χ1n) is 6.60. The third-order valence-electron chi connectivity index (χ3n) is 2.97. The van der Waals surface area contributed by atoms with Crippen molar-refractivity contribution < 1.29 is 9.26 Å². The Kier molecular flexibility index (Phi) is 4.65. The second kappa shape index (κ2) is 6.85. The van der Waals surface area contributed by atoms with Gasteiger partial charge < -0.3 is 9.26 Å². The summed E-state index contributed by atoms with van der Waals surface area (Å²) in [4.78, 5) is 5.49. The van der Waals surface area contributed by atoms with Crippen LogP contribution >= 0.6 is 23.4 Å². The standard InChI is InChI=1S/C16H13ClN2O2S/c1-20-13-3-2-4-14(9-13)22-10-15-18-16(21-19-15)11-5-7-12(17)8-6-11/h2-9H,10H2,1H3. The average Bonchev–Trinajstić information content (AvgIpc) is 3.03. The molecule has 112 valence electrons. The summed E-state index contributed by atoms with van der Waals surface area (Å²) in [5.41, 5.74) is 0.856. The molecule has 3 rings (SSSR count). The normalized spacial score (nSPS) is 10.6. The van der Waals surface area contributed by atoms with Gasteiger partial charge in [-0.25, -0.2) is 0 Å². The molecular formula is C16H13ClN2O2S. The van der Waals surface area contributed by atoms with Gasteiger partial charge in [-0.2, -0.15) is 4.98 Å². The highest BCUT2D eigenvalue weighted by molar-refractivity contribution is 7.98. The molecule has 0 saturated carbocycles. The van der Waals surface area contributed by atoms with Gasteiger partial charge in [-0.15, -0.1) is 11.8 Å². The van der Waals surface area contributed by atoms with E-state index < -0.39 is 0 Å². The molecule has 0 atom stereocenters. The van der Waals surface area contributed by atoms with Crippen LogP contribution in [-0.2, 0) is 5.75 Å². The van der Waals surface area contributed by atoms with E-state index in [0.29, 0.717) is 22.5 Å². The molecule has 1 heterocycles. The number of ether oxygens (including phenoxy) is 1. The van der Waals surface area contributed by atoms with Crippen molar-refractivity contribution in [1.29, 1.82) is 0 Å². The molecule has 0 amide bonds. The van der Waals surface area contributed by atoms with Crippen molar-refractivity contribution in [3.05, 3.63) is 59.4 Å². The Morgan fingerprint density at radius 3 is 2.77 bits per heavy atom. The number of methoxy groups -OCH3 is 1. The molecule has 0 aliphatic rings. The fraction of sp³-hybridized carbons (Fsp3) is 0.125. The fourth-order valence-corrected chi connectivity index (χ4v) is 2.77. The Bertz CT molecular complexity index is 759. The molecule has 0 spiro atoms. The van der Waals surface area contributed by atoms with E-state index >= 15 is 0 Å². The Labute approximate surface area is 137 Å². The molecule has 4 nitrogen and oxygen atoms in total. The van der Waals surface area contributed by atoms with Crippen LogP contribution in [0.5, 0.6) is 5.75 Å². The van der Waals surface area contributed by atoms with Crippen LogP contribution < -0.4 is 4.74 Å². The van der Waals surface area contributed by atoms with Crippen molar-refractivity contribution in [2.24, 2.45) is 0 Å². The van der Waals surface area contributed by atoms with Gasteiger partial charge in [-0.3, -0.25) is 0 Å². The number of thioether (sulfide) groups is 1. The van der Waals surface area contributed by atoms with Crippen LogP contribution in [0.15, 0.2) is 57.9 Å². The molecular weight excluding hydrogens is 320 g/mol. The zero-order valence-corrected chi connectivity index (χ0v) is 13.4. The molecule has 6 heteroatoms. The summed E-state index contributed by atoms with van der Waals surface area (Å²) in [6.07, 6.45) is 0. The van der Waals surface area contributed by atoms with E-state index in [4.69, 9.17) is 20.9 Å². The summed E-state index contributed by atoms with van der Waals surface area (Å²) >= 11 is 7.49. The summed E-state index contributed by atoms with van der Waals surface area (Å²) < 4.78 is 10.5. The van der Waals surface area contributed by atoms with Gasteiger partial charge in [0, 0.05) is 15.5 Å². The van der Waals surface area contributed by atoms with E-state index in [-0.39, 0.29) is 0 Å². The number of benzene rings is 2. The minimum absolute atomic E-state index is 0.498. The molecule has 0 aliphatic carbocycles. The Hall–Kier alpha value is -1.98. The summed E-state index contributed by atoms with van der Waals surface area (Å²) in [5, 5.41) is 4.68. The predicted octanol–water partition coefficient (Wildman–Crippen LogP) is 4.69. The number of hydrogen-bond donors (Lipinski definition) is 0. The van der Waals surface area contributed by atoms with E-state index in [0.717, 1.165) is 16.2 Å². The zero-order chi connectivity index (χ0) is 15.4. The third-order valence-corrected chi connectivity index (χ3v) is 4.21. The van der Waals surface area contributed by atoms with Crippen LogP contribution in [0.1, 0.15) is 5.82 Å². The maximum Gasteiger partial charge on any atom is 0.257 e. The zero-order valence-electron chi connectivity index (χ0n) is 11.8. The maximum atomic E-state index is 5.87. The Morgan fingerprint density at radius 2 is 2.00 bits per heavy atom. The molecule has 0 bridgehead atoms. The van der Waals surface area contributed by atoms with Gasteiger partial charge in [0.1, 0.15) is 5.75 Å². The lowest BCUT2D eigenvalue weighted by Crippen LogP contribution is -1.86. The van der Waals surface area contributed by atoms with E-state index in [2.05, 4.69) is 10.1 Å². The van der Waals surface area contributed by atoms with E-state index in [9.17, 15) is 0 Å². The van der Waals surface area contributed by atoms with E-state index in [1.54, 1.807) is 31.0 Å². The summed E-state index contributed by atoms with van der Waals surface area (Å²) in [6.45, 7) is 0. The average molecular weight is 333 g/mol. The first-order valence-corrected chi connectivity index (χ1v) is 7.96. The molecule has 2 aromatic carbocycles. The largest absolute Gasteiger partial charge is 0.497 e. The minimum Gasteiger partial charge on any atom is -0.497 e. The van der Waals surface area contributed by atoms with Crippen LogP contribution in [0.25, 0.3) is 11.5 Å². The monoisotopic (exact) mass is 332 g/mol. The molecule has 0 aliphatic heterocycles. The second-order valence-corrected chi connectivity index (χ2v) is 5.98. The third kappa shape index (κ3) is 3.61. The summed E-state index contributed by atoms with van der Waals surface area (Å²) in [5.74, 6) is 2.61. The highest BCUT2D eigenvalue weighted by atomic mass is 35.5. The van der Waals surface area contributed by atoms with Crippen molar-refractivity contribution in [3.63, 3.8) is 0 Å². The number of rotatable bonds is 5. The minimum atomic E-state index is 0.498. The number of halogens is 1. The first kappa shape index (κ1) is 14.9. The molecule has 0 fully saturated rings. The SMILES string of the molecule is COc1cccc(SCc2noc(-c3ccc(Cl)cc3)n2)c1. The molecule has 22 heavy (non-hydrogen) atoms. The van der Waals surface area contributed by atoms with Gasteiger partial charge in [-0.1, -0.05) is 22.8 Å². The van der Waals surface area contributed by atoms with Gasteiger partial charge >= 0.3 is 0 Å². The Morgan fingerprint density at radius 1 is 1.18 bits per heavy atom. The quantitative estimate of drug-likeness (QED) is 0.634.